The molecule has 0 radical (unpaired) electrons. The molecule has 3 amide bonds. The minimum absolute atomic E-state index is 0.111. The molecule has 2 aliphatic heterocycles. The van der Waals surface area contributed by atoms with E-state index in [1.54, 1.807) is 42.2 Å². The quantitative estimate of drug-likeness (QED) is 0.469. The lowest BCUT2D eigenvalue weighted by Gasteiger charge is -2.34. The number of nitrogens with zero attached hydrogens (tertiary/aromatic N) is 2. The number of likely N-dealkylation sites (tertiary alicyclic amines) is 1. The first-order valence-electron chi connectivity index (χ1n) is 10.3. The lowest BCUT2D eigenvalue weighted by atomic mass is 10.0. The molecule has 2 saturated heterocycles. The van der Waals surface area contributed by atoms with E-state index in [0.29, 0.717) is 17.9 Å². The van der Waals surface area contributed by atoms with E-state index in [9.17, 15) is 19.2 Å². The van der Waals surface area contributed by atoms with Gasteiger partial charge in [-0.1, -0.05) is 18.2 Å². The number of benzene rings is 1. The van der Waals surface area contributed by atoms with Crippen LogP contribution in [0, 0.1) is 0 Å². The minimum atomic E-state index is -0.506. The highest BCUT2D eigenvalue weighted by atomic mass is 32.2. The van der Waals surface area contributed by atoms with Gasteiger partial charge in [-0.15, -0.1) is 0 Å². The van der Waals surface area contributed by atoms with Crippen LogP contribution < -0.4 is 4.74 Å². The first kappa shape index (κ1) is 22.9. The molecule has 1 atom stereocenters. The van der Waals surface area contributed by atoms with Gasteiger partial charge in [-0.3, -0.25) is 19.3 Å². The van der Waals surface area contributed by atoms with Gasteiger partial charge in [0.15, 0.2) is 6.61 Å². The van der Waals surface area contributed by atoms with Crippen molar-refractivity contribution in [2.24, 2.45) is 0 Å². The Morgan fingerprint density at radius 3 is 2.74 bits per heavy atom. The van der Waals surface area contributed by atoms with Gasteiger partial charge in [-0.05, 0) is 57.0 Å². The summed E-state index contributed by atoms with van der Waals surface area (Å²) in [5.74, 6) is -0.828. The van der Waals surface area contributed by atoms with Crippen molar-refractivity contribution >= 4 is 40.9 Å². The summed E-state index contributed by atoms with van der Waals surface area (Å²) in [6, 6.07) is 6.99. The van der Waals surface area contributed by atoms with E-state index in [1.807, 2.05) is 6.92 Å². The van der Waals surface area contributed by atoms with E-state index in [2.05, 4.69) is 0 Å². The molecular weight excluding hydrogens is 420 g/mol. The molecule has 0 bridgehead atoms. The van der Waals surface area contributed by atoms with E-state index >= 15 is 0 Å². The Kier molecular flexibility index (Phi) is 7.73. The summed E-state index contributed by atoms with van der Waals surface area (Å²) in [5.41, 5.74) is 0.549. The molecule has 31 heavy (non-hydrogen) atoms. The average molecular weight is 447 g/mol. The van der Waals surface area contributed by atoms with E-state index in [-0.39, 0.29) is 36.6 Å². The second-order valence-electron chi connectivity index (χ2n) is 7.33. The fourth-order valence-corrected chi connectivity index (χ4v) is 4.37. The fourth-order valence-electron chi connectivity index (χ4n) is 3.54. The summed E-state index contributed by atoms with van der Waals surface area (Å²) in [6.07, 6.45) is 4.48. The molecule has 9 heteroatoms. The van der Waals surface area contributed by atoms with Gasteiger partial charge >= 0.3 is 5.97 Å². The van der Waals surface area contributed by atoms with E-state index in [1.165, 1.54) is 0 Å². The van der Waals surface area contributed by atoms with Crippen molar-refractivity contribution in [3.63, 3.8) is 0 Å². The first-order chi connectivity index (χ1) is 14.9. The zero-order valence-electron chi connectivity index (χ0n) is 17.7. The number of carbonyl (C=O) groups is 4. The Balaban J connectivity index is 1.70. The summed E-state index contributed by atoms with van der Waals surface area (Å²) < 4.78 is 10.4. The zero-order chi connectivity index (χ0) is 22.4. The summed E-state index contributed by atoms with van der Waals surface area (Å²) in [7, 11) is 0. The van der Waals surface area contributed by atoms with Crippen molar-refractivity contribution in [3.8, 4) is 5.75 Å². The fraction of sp³-hybridized carbons (Fsp3) is 0.455. The number of thioether (sulfide) groups is 1. The Bertz CT molecular complexity index is 900. The molecule has 0 aromatic heterocycles. The molecule has 2 fully saturated rings. The highest BCUT2D eigenvalue weighted by molar-refractivity contribution is 8.18. The van der Waals surface area contributed by atoms with Crippen molar-refractivity contribution in [2.45, 2.75) is 39.2 Å². The standard InChI is InChI=1S/C22H26N2O6S/c1-3-29-20(26)14-30-17-10-5-4-9-16(17)12-18-21(27)24(22(28)31-18)13-19(25)23-11-7-6-8-15(23)2/h4-5,9-10,12,15H,3,6-8,11,13-14H2,1-2H3/b18-12-/t15-/m0/s1. The Labute approximate surface area is 185 Å². The van der Waals surface area contributed by atoms with Crippen molar-refractivity contribution < 1.29 is 28.7 Å². The number of piperidine rings is 1. The van der Waals surface area contributed by atoms with Gasteiger partial charge in [0.2, 0.25) is 5.91 Å². The number of hydrogen-bond acceptors (Lipinski definition) is 7. The summed E-state index contributed by atoms with van der Waals surface area (Å²) >= 11 is 0.788. The van der Waals surface area contributed by atoms with Crippen LogP contribution in [0.1, 0.15) is 38.7 Å². The van der Waals surface area contributed by atoms with Gasteiger partial charge in [0.1, 0.15) is 12.3 Å². The summed E-state index contributed by atoms with van der Waals surface area (Å²) in [4.78, 5) is 52.4. The van der Waals surface area contributed by atoms with Gasteiger partial charge in [0.25, 0.3) is 11.1 Å². The van der Waals surface area contributed by atoms with Gasteiger partial charge in [0.05, 0.1) is 11.5 Å². The van der Waals surface area contributed by atoms with Crippen molar-refractivity contribution in [1.29, 1.82) is 0 Å². The SMILES string of the molecule is CCOC(=O)COc1ccccc1/C=C1\SC(=O)N(CC(=O)N2CCCC[C@@H]2C)C1=O. The van der Waals surface area contributed by atoms with E-state index in [4.69, 9.17) is 9.47 Å². The van der Waals surface area contributed by atoms with Crippen LogP contribution in [0.5, 0.6) is 5.75 Å². The lowest BCUT2D eigenvalue weighted by Crippen LogP contribution is -2.47. The summed E-state index contributed by atoms with van der Waals surface area (Å²) in [5, 5.41) is -0.473. The Hall–Kier alpha value is -2.81. The first-order valence-corrected chi connectivity index (χ1v) is 11.1. The van der Waals surface area contributed by atoms with E-state index < -0.39 is 17.1 Å². The number of imide groups is 1. The van der Waals surface area contributed by atoms with Gasteiger partial charge < -0.3 is 14.4 Å². The molecule has 0 aliphatic carbocycles. The van der Waals surface area contributed by atoms with Crippen LogP contribution in [-0.2, 0) is 19.1 Å². The molecule has 166 valence electrons. The van der Waals surface area contributed by atoms with E-state index in [0.717, 1.165) is 35.9 Å². The molecule has 0 saturated carbocycles. The molecule has 8 nitrogen and oxygen atoms in total. The molecule has 3 rings (SSSR count). The van der Waals surface area contributed by atoms with Gasteiger partial charge in [-0.2, -0.15) is 0 Å². The molecular formula is C22H26N2O6S. The summed E-state index contributed by atoms with van der Waals surface area (Å²) in [6.45, 7) is 4.08. The van der Waals surface area contributed by atoms with Crippen LogP contribution in [0.25, 0.3) is 6.08 Å². The van der Waals surface area contributed by atoms with Crippen molar-refractivity contribution in [3.05, 3.63) is 34.7 Å². The van der Waals surface area contributed by atoms with Gasteiger partial charge in [0, 0.05) is 18.2 Å². The predicted molar refractivity (Wildman–Crippen MR) is 116 cm³/mol. The maximum absolute atomic E-state index is 12.8. The lowest BCUT2D eigenvalue weighted by molar-refractivity contribution is -0.145. The monoisotopic (exact) mass is 446 g/mol. The second kappa shape index (κ2) is 10.5. The second-order valence-corrected chi connectivity index (χ2v) is 8.32. The van der Waals surface area contributed by atoms with Crippen LogP contribution >= 0.6 is 11.8 Å². The molecule has 0 spiro atoms. The number of hydrogen-bond donors (Lipinski definition) is 0. The van der Waals surface area contributed by atoms with Crippen LogP contribution in [-0.4, -0.2) is 65.2 Å². The number of para-hydroxylation sites is 1. The average Bonchev–Trinajstić information content (AvgIpc) is 3.01. The maximum atomic E-state index is 12.8. The smallest absolute Gasteiger partial charge is 0.344 e. The molecule has 1 aromatic carbocycles. The van der Waals surface area contributed by atoms with Crippen LogP contribution in [0.15, 0.2) is 29.2 Å². The predicted octanol–water partition coefficient (Wildman–Crippen LogP) is 3.07. The van der Waals surface area contributed by atoms with Crippen LogP contribution in [0.2, 0.25) is 0 Å². The Morgan fingerprint density at radius 2 is 2.00 bits per heavy atom. The molecule has 0 N–H and O–H groups in total. The molecule has 1 aromatic rings. The third kappa shape index (κ3) is 5.66. The minimum Gasteiger partial charge on any atom is -0.481 e. The highest BCUT2D eigenvalue weighted by Crippen LogP contribution is 2.34. The van der Waals surface area contributed by atoms with Crippen molar-refractivity contribution in [1.82, 2.24) is 9.80 Å². The molecule has 0 unspecified atom stereocenters. The third-order valence-corrected chi connectivity index (χ3v) is 6.05. The number of esters is 1. The van der Waals surface area contributed by atoms with Gasteiger partial charge in [-0.25, -0.2) is 4.79 Å². The topological polar surface area (TPSA) is 93.2 Å². The zero-order valence-corrected chi connectivity index (χ0v) is 18.5. The Morgan fingerprint density at radius 1 is 1.23 bits per heavy atom. The normalized spacial score (nSPS) is 20.3. The van der Waals surface area contributed by atoms with Crippen LogP contribution in [0.3, 0.4) is 0 Å². The molecule has 2 heterocycles. The largest absolute Gasteiger partial charge is 0.481 e. The number of amides is 3. The number of rotatable bonds is 7. The molecule has 2 aliphatic rings. The van der Waals surface area contributed by atoms with Crippen molar-refractivity contribution in [2.75, 3.05) is 26.3 Å². The maximum Gasteiger partial charge on any atom is 0.344 e. The number of carbonyl (C=O) groups excluding carboxylic acids is 4. The van der Waals surface area contributed by atoms with Crippen LogP contribution in [0.4, 0.5) is 4.79 Å². The highest BCUT2D eigenvalue weighted by Gasteiger charge is 2.38. The third-order valence-electron chi connectivity index (χ3n) is 5.15. The number of ether oxygens (including phenoxy) is 2.